The van der Waals surface area contributed by atoms with E-state index in [1.165, 1.54) is 10.8 Å². The molecule has 2 aromatic rings. The Morgan fingerprint density at radius 1 is 1.26 bits per heavy atom. The van der Waals surface area contributed by atoms with E-state index in [0.717, 1.165) is 29.4 Å². The maximum absolute atomic E-state index is 12.0. The topological polar surface area (TPSA) is 144 Å². The molecular formula is C25H40N8O2. The molecule has 0 saturated carbocycles. The van der Waals surface area contributed by atoms with Crippen LogP contribution in [0.2, 0.25) is 0 Å². The van der Waals surface area contributed by atoms with Gasteiger partial charge >= 0.3 is 0 Å². The van der Waals surface area contributed by atoms with E-state index in [1.54, 1.807) is 0 Å². The van der Waals surface area contributed by atoms with Crippen molar-refractivity contribution < 1.29 is 9.53 Å². The molecule has 0 radical (unpaired) electrons. The lowest BCUT2D eigenvalue weighted by Gasteiger charge is -2.21. The molecule has 0 unspecified atom stereocenters. The van der Waals surface area contributed by atoms with Crippen molar-refractivity contribution in [2.24, 2.45) is 11.5 Å². The Bertz CT molecular complexity index is 1140. The number of carbonyl (C=O) groups excluding carboxylic acids is 1. The standard InChI is InChI=1S/C25H40N8O2/c1-8-15(4)21-16(5)11-19(12-18(21)13-33(7)9-2)29-24-22(23(27)34)31-32-25(30-24)28-17(6)20(26)14-35-10-3/h11-13,17,20H,8-10,14,26H2,1-7H3,(H2,27,34)(H2,28,29,30,32)/b18-13-,21-15?/t17-,20+/m1/s1. The number of aryl methyl sites for hydroxylation is 1. The van der Waals surface area contributed by atoms with Crippen LogP contribution in [-0.4, -0.2) is 64.9 Å². The molecule has 1 aromatic heterocycles. The van der Waals surface area contributed by atoms with Gasteiger partial charge in [0, 0.05) is 44.2 Å². The second-order valence-electron chi connectivity index (χ2n) is 8.67. The molecule has 0 fully saturated rings. The van der Waals surface area contributed by atoms with Gasteiger partial charge in [-0.3, -0.25) is 4.79 Å². The highest BCUT2D eigenvalue weighted by Crippen LogP contribution is 2.18. The number of anilines is 3. The number of nitrogens with two attached hydrogens (primary N) is 2. The summed E-state index contributed by atoms with van der Waals surface area (Å²) in [6.45, 7) is 14.1. The maximum Gasteiger partial charge on any atom is 0.273 e. The van der Waals surface area contributed by atoms with Gasteiger partial charge in [0.05, 0.1) is 6.61 Å². The van der Waals surface area contributed by atoms with E-state index in [2.05, 4.69) is 64.6 Å². The minimum absolute atomic E-state index is 0.0453. The lowest BCUT2D eigenvalue weighted by atomic mass is 10.0. The zero-order valence-corrected chi connectivity index (χ0v) is 22.0. The molecule has 1 amide bonds. The normalized spacial score (nSPS) is 14.3. The molecule has 0 bridgehead atoms. The lowest BCUT2D eigenvalue weighted by molar-refractivity contribution is 0.0995. The van der Waals surface area contributed by atoms with Crippen molar-refractivity contribution in [1.29, 1.82) is 0 Å². The zero-order valence-electron chi connectivity index (χ0n) is 22.0. The molecular weight excluding hydrogens is 444 g/mol. The van der Waals surface area contributed by atoms with Crippen LogP contribution >= 0.6 is 0 Å². The minimum Gasteiger partial charge on any atom is -0.380 e. The number of nitrogens with one attached hydrogen (secondary N) is 2. The van der Waals surface area contributed by atoms with E-state index in [1.807, 2.05) is 33.0 Å². The van der Waals surface area contributed by atoms with Crippen molar-refractivity contribution in [3.63, 3.8) is 0 Å². The van der Waals surface area contributed by atoms with Crippen molar-refractivity contribution >= 4 is 35.1 Å². The van der Waals surface area contributed by atoms with Crippen LogP contribution in [0.4, 0.5) is 17.5 Å². The molecule has 10 heteroatoms. The number of primary amides is 1. The fourth-order valence-electron chi connectivity index (χ4n) is 3.56. The number of rotatable bonds is 12. The monoisotopic (exact) mass is 484 g/mol. The number of ether oxygens (including phenoxy) is 1. The second-order valence-corrected chi connectivity index (χ2v) is 8.67. The summed E-state index contributed by atoms with van der Waals surface area (Å²) in [5.41, 5.74) is 14.8. The van der Waals surface area contributed by atoms with Crippen LogP contribution in [0.1, 0.15) is 57.1 Å². The van der Waals surface area contributed by atoms with Crippen LogP contribution in [0.5, 0.6) is 0 Å². The van der Waals surface area contributed by atoms with Gasteiger partial charge in [0.2, 0.25) is 5.95 Å². The summed E-state index contributed by atoms with van der Waals surface area (Å²) in [5.74, 6) is -0.266. The van der Waals surface area contributed by atoms with Crippen molar-refractivity contribution in [2.45, 2.75) is 60.0 Å². The van der Waals surface area contributed by atoms with Crippen molar-refractivity contribution in [2.75, 3.05) is 37.4 Å². The maximum atomic E-state index is 12.0. The van der Waals surface area contributed by atoms with Gasteiger partial charge in [-0.05, 0) is 69.2 Å². The van der Waals surface area contributed by atoms with E-state index in [9.17, 15) is 4.79 Å². The van der Waals surface area contributed by atoms with Crippen LogP contribution in [0.15, 0.2) is 12.1 Å². The Balaban J connectivity index is 2.50. The Labute approximate surface area is 207 Å². The van der Waals surface area contributed by atoms with Gasteiger partial charge in [-0.25, -0.2) is 0 Å². The van der Waals surface area contributed by atoms with Crippen LogP contribution < -0.4 is 32.5 Å². The summed E-state index contributed by atoms with van der Waals surface area (Å²) in [5, 5.41) is 16.7. The molecule has 192 valence electrons. The van der Waals surface area contributed by atoms with E-state index in [4.69, 9.17) is 16.2 Å². The van der Waals surface area contributed by atoms with Gasteiger partial charge in [0.1, 0.15) is 0 Å². The van der Waals surface area contributed by atoms with E-state index >= 15 is 0 Å². The third-order valence-electron chi connectivity index (χ3n) is 5.88. The molecule has 0 aliphatic heterocycles. The van der Waals surface area contributed by atoms with E-state index in [0.29, 0.717) is 13.2 Å². The van der Waals surface area contributed by atoms with Gasteiger partial charge in [0.25, 0.3) is 5.91 Å². The average Bonchev–Trinajstić information content (AvgIpc) is 2.81. The predicted octanol–water partition coefficient (Wildman–Crippen LogP) is 1.46. The number of carbonyl (C=O) groups is 1. The lowest BCUT2D eigenvalue weighted by Crippen LogP contribution is -2.42. The fraction of sp³-hybridized carbons (Fsp3) is 0.520. The SMILES string of the molecule is CCOC[C@H](N)[C@@H](C)Nc1nnc(C(N)=O)c(Nc2cc(C)c(=C(C)CC)/c(=C\N(C)CC)c2)n1. The van der Waals surface area contributed by atoms with Gasteiger partial charge in [-0.15, -0.1) is 10.2 Å². The Kier molecular flexibility index (Phi) is 10.4. The molecule has 0 saturated heterocycles. The Morgan fingerprint density at radius 2 is 1.97 bits per heavy atom. The van der Waals surface area contributed by atoms with Gasteiger partial charge in [0.15, 0.2) is 11.5 Å². The average molecular weight is 485 g/mol. The number of amides is 1. The van der Waals surface area contributed by atoms with Crippen LogP contribution in [0.25, 0.3) is 11.8 Å². The molecule has 6 N–H and O–H groups in total. The van der Waals surface area contributed by atoms with Gasteiger partial charge in [-0.1, -0.05) is 12.5 Å². The van der Waals surface area contributed by atoms with Crippen molar-refractivity contribution in [3.8, 4) is 0 Å². The summed E-state index contributed by atoms with van der Waals surface area (Å²) in [4.78, 5) is 18.6. The third kappa shape index (κ3) is 7.63. The van der Waals surface area contributed by atoms with Crippen molar-refractivity contribution in [3.05, 3.63) is 33.8 Å². The molecule has 1 aromatic carbocycles. The quantitative estimate of drug-likeness (QED) is 0.352. The van der Waals surface area contributed by atoms with Crippen LogP contribution in [-0.2, 0) is 4.74 Å². The molecule has 0 aliphatic rings. The molecule has 1 heterocycles. The summed E-state index contributed by atoms with van der Waals surface area (Å²) in [6.07, 6.45) is 3.07. The number of hydrogen-bond acceptors (Lipinski definition) is 9. The summed E-state index contributed by atoms with van der Waals surface area (Å²) in [6, 6.07) is 3.61. The largest absolute Gasteiger partial charge is 0.380 e. The number of nitrogens with zero attached hydrogens (tertiary/aromatic N) is 4. The first-order valence-electron chi connectivity index (χ1n) is 12.0. The second kappa shape index (κ2) is 13.0. The fourth-order valence-corrected chi connectivity index (χ4v) is 3.56. The third-order valence-corrected chi connectivity index (χ3v) is 5.88. The highest BCUT2D eigenvalue weighted by atomic mass is 16.5. The van der Waals surface area contributed by atoms with Crippen LogP contribution in [0, 0.1) is 6.92 Å². The number of benzene rings is 1. The molecule has 0 spiro atoms. The molecule has 35 heavy (non-hydrogen) atoms. The first-order chi connectivity index (χ1) is 16.6. The predicted molar refractivity (Wildman–Crippen MR) is 142 cm³/mol. The first-order valence-corrected chi connectivity index (χ1v) is 12.0. The van der Waals surface area contributed by atoms with Gasteiger partial charge < -0.3 is 31.7 Å². The summed E-state index contributed by atoms with van der Waals surface area (Å²) in [7, 11) is 2.04. The number of aromatic nitrogens is 3. The van der Waals surface area contributed by atoms with Crippen molar-refractivity contribution in [1.82, 2.24) is 20.1 Å². The van der Waals surface area contributed by atoms with Gasteiger partial charge in [-0.2, -0.15) is 4.98 Å². The first kappa shape index (κ1) is 28.0. The van der Waals surface area contributed by atoms with E-state index in [-0.39, 0.29) is 29.5 Å². The Hall–Kier alpha value is -3.24. The summed E-state index contributed by atoms with van der Waals surface area (Å²) < 4.78 is 5.40. The minimum atomic E-state index is -0.721. The molecule has 2 atom stereocenters. The number of hydrogen-bond donors (Lipinski definition) is 4. The zero-order chi connectivity index (χ0) is 26.1. The highest BCUT2D eigenvalue weighted by molar-refractivity contribution is 5.96. The summed E-state index contributed by atoms with van der Waals surface area (Å²) >= 11 is 0. The highest BCUT2D eigenvalue weighted by Gasteiger charge is 2.18. The smallest absolute Gasteiger partial charge is 0.273 e. The molecule has 10 nitrogen and oxygen atoms in total. The molecule has 2 rings (SSSR count). The van der Waals surface area contributed by atoms with Crippen LogP contribution in [0.3, 0.4) is 0 Å². The van der Waals surface area contributed by atoms with E-state index < -0.39 is 5.91 Å². The Morgan fingerprint density at radius 3 is 2.57 bits per heavy atom. The molecule has 0 aliphatic carbocycles.